The van der Waals surface area contributed by atoms with Gasteiger partial charge in [0, 0.05) is 5.56 Å². The minimum atomic E-state index is -0.788. The Bertz CT molecular complexity index is 967. The Kier molecular flexibility index (Phi) is 8.72. The fourth-order valence-electron chi connectivity index (χ4n) is 2.41. The van der Waals surface area contributed by atoms with E-state index in [-0.39, 0.29) is 17.5 Å². The molecule has 0 aliphatic rings. The highest BCUT2D eigenvalue weighted by atomic mass is 35.5. The first kappa shape index (κ1) is 23.3. The number of carbonyl (C=O) groups is 2. The number of benzene rings is 2. The van der Waals surface area contributed by atoms with Gasteiger partial charge < -0.3 is 10.1 Å². The third kappa shape index (κ3) is 6.80. The molecule has 0 spiro atoms. The van der Waals surface area contributed by atoms with Crippen molar-refractivity contribution in [2.24, 2.45) is 11.0 Å². The number of ether oxygens (including phenoxy) is 1. The zero-order chi connectivity index (χ0) is 22.1. The third-order valence-corrected chi connectivity index (χ3v) is 4.75. The Morgan fingerprint density at radius 3 is 2.47 bits per heavy atom. The fraction of sp³-hybridized carbons (Fsp3) is 0.227. The number of terminal acetylenes is 1. The molecule has 6 nitrogen and oxygen atoms in total. The van der Waals surface area contributed by atoms with Crippen molar-refractivity contribution in [3.63, 3.8) is 0 Å². The lowest BCUT2D eigenvalue weighted by Gasteiger charge is -2.20. The van der Waals surface area contributed by atoms with E-state index in [1.54, 1.807) is 24.3 Å². The van der Waals surface area contributed by atoms with Crippen LogP contribution in [-0.4, -0.2) is 30.7 Å². The van der Waals surface area contributed by atoms with Gasteiger partial charge in [-0.2, -0.15) is 5.10 Å². The van der Waals surface area contributed by atoms with E-state index in [2.05, 4.69) is 21.8 Å². The van der Waals surface area contributed by atoms with Crippen LogP contribution in [0.25, 0.3) is 0 Å². The predicted octanol–water partition coefficient (Wildman–Crippen LogP) is 3.91. The molecular weight excluding hydrogens is 425 g/mol. The maximum atomic E-state index is 12.5. The lowest BCUT2D eigenvalue weighted by atomic mass is 10.0. The van der Waals surface area contributed by atoms with Crippen molar-refractivity contribution >= 4 is 41.2 Å². The minimum Gasteiger partial charge on any atom is -0.481 e. The van der Waals surface area contributed by atoms with Crippen molar-refractivity contribution in [3.05, 3.63) is 63.6 Å². The first-order chi connectivity index (χ1) is 14.3. The Labute approximate surface area is 185 Å². The summed E-state index contributed by atoms with van der Waals surface area (Å²) in [5.41, 5.74) is 3.51. The van der Waals surface area contributed by atoms with Crippen molar-refractivity contribution in [1.29, 1.82) is 0 Å². The van der Waals surface area contributed by atoms with Crippen LogP contribution in [-0.2, 0) is 4.79 Å². The predicted molar refractivity (Wildman–Crippen MR) is 119 cm³/mol. The molecule has 0 saturated heterocycles. The van der Waals surface area contributed by atoms with Gasteiger partial charge in [0.25, 0.3) is 11.8 Å². The van der Waals surface area contributed by atoms with E-state index in [1.807, 2.05) is 13.8 Å². The Hall–Kier alpha value is -3.01. The standard InChI is InChI=1S/C22H21Cl2N3O3/c1-4-11-30-17-8-5-15(6-9-17)13-25-27-22(29)20(14(2)3)26-21(28)16-7-10-18(23)19(24)12-16/h1,5-10,12-14,20H,11H2,2-3H3,(H,26,28)(H,27,29)/b25-13+. The largest absolute Gasteiger partial charge is 0.481 e. The lowest BCUT2D eigenvalue weighted by Crippen LogP contribution is -2.48. The van der Waals surface area contributed by atoms with Crippen molar-refractivity contribution in [2.45, 2.75) is 19.9 Å². The zero-order valence-electron chi connectivity index (χ0n) is 16.5. The number of carbonyl (C=O) groups excluding carboxylic acids is 2. The zero-order valence-corrected chi connectivity index (χ0v) is 18.0. The van der Waals surface area contributed by atoms with Gasteiger partial charge in [0.1, 0.15) is 18.4 Å². The molecule has 0 fully saturated rings. The number of halogens is 2. The van der Waals surface area contributed by atoms with E-state index in [4.69, 9.17) is 34.4 Å². The second-order valence-corrected chi connectivity index (χ2v) is 7.43. The molecule has 2 N–H and O–H groups in total. The monoisotopic (exact) mass is 445 g/mol. The smallest absolute Gasteiger partial charge is 0.262 e. The number of rotatable bonds is 8. The normalized spacial score (nSPS) is 11.7. The number of amides is 2. The van der Waals surface area contributed by atoms with Gasteiger partial charge >= 0.3 is 0 Å². The van der Waals surface area contributed by atoms with Gasteiger partial charge in [-0.1, -0.05) is 43.0 Å². The molecule has 2 aromatic carbocycles. The van der Waals surface area contributed by atoms with Gasteiger partial charge in [-0.05, 0) is 53.9 Å². The average Bonchev–Trinajstić information content (AvgIpc) is 2.72. The first-order valence-electron chi connectivity index (χ1n) is 9.07. The molecule has 0 aromatic heterocycles. The van der Waals surface area contributed by atoms with Gasteiger partial charge in [-0.3, -0.25) is 9.59 Å². The van der Waals surface area contributed by atoms with E-state index >= 15 is 0 Å². The molecule has 8 heteroatoms. The summed E-state index contributed by atoms with van der Waals surface area (Å²) in [5, 5.41) is 7.25. The molecule has 0 heterocycles. The summed E-state index contributed by atoms with van der Waals surface area (Å²) < 4.78 is 5.29. The van der Waals surface area contributed by atoms with Gasteiger partial charge in [0.15, 0.2) is 0 Å². The summed E-state index contributed by atoms with van der Waals surface area (Å²) >= 11 is 11.8. The maximum Gasteiger partial charge on any atom is 0.262 e. The molecule has 0 aliphatic heterocycles. The van der Waals surface area contributed by atoms with E-state index in [9.17, 15) is 9.59 Å². The number of nitrogens with one attached hydrogen (secondary N) is 2. The van der Waals surface area contributed by atoms with Crippen LogP contribution in [0.1, 0.15) is 29.8 Å². The molecule has 2 aromatic rings. The molecule has 30 heavy (non-hydrogen) atoms. The summed E-state index contributed by atoms with van der Waals surface area (Å²) in [5.74, 6) is 1.98. The van der Waals surface area contributed by atoms with Crippen LogP contribution in [0.5, 0.6) is 5.75 Å². The molecular formula is C22H21Cl2N3O3. The highest BCUT2D eigenvalue weighted by Crippen LogP contribution is 2.22. The third-order valence-electron chi connectivity index (χ3n) is 4.01. The van der Waals surface area contributed by atoms with Gasteiger partial charge in [0.05, 0.1) is 16.3 Å². The molecule has 156 valence electrons. The summed E-state index contributed by atoms with van der Waals surface area (Å²) in [6, 6.07) is 10.8. The Morgan fingerprint density at radius 1 is 1.17 bits per heavy atom. The number of hydrazone groups is 1. The van der Waals surface area contributed by atoms with Gasteiger partial charge in [-0.25, -0.2) is 5.43 Å². The average molecular weight is 446 g/mol. The number of hydrogen-bond acceptors (Lipinski definition) is 4. The highest BCUT2D eigenvalue weighted by Gasteiger charge is 2.24. The van der Waals surface area contributed by atoms with Crippen molar-refractivity contribution < 1.29 is 14.3 Å². The van der Waals surface area contributed by atoms with Crippen molar-refractivity contribution in [2.75, 3.05) is 6.61 Å². The molecule has 0 bridgehead atoms. The second kappa shape index (κ2) is 11.2. The van der Waals surface area contributed by atoms with Crippen LogP contribution in [0.15, 0.2) is 47.6 Å². The summed E-state index contributed by atoms with van der Waals surface area (Å²) in [4.78, 5) is 25.0. The van der Waals surface area contributed by atoms with E-state index in [0.717, 1.165) is 5.56 Å². The lowest BCUT2D eigenvalue weighted by molar-refractivity contribution is -0.123. The molecule has 1 atom stereocenters. The quantitative estimate of drug-likeness (QED) is 0.367. The summed E-state index contributed by atoms with van der Waals surface area (Å²) in [6.45, 7) is 3.82. The topological polar surface area (TPSA) is 79.8 Å². The van der Waals surface area contributed by atoms with E-state index in [1.165, 1.54) is 24.4 Å². The number of hydrogen-bond donors (Lipinski definition) is 2. The molecule has 2 amide bonds. The van der Waals surface area contributed by atoms with E-state index < -0.39 is 17.9 Å². The minimum absolute atomic E-state index is 0.167. The summed E-state index contributed by atoms with van der Waals surface area (Å²) in [7, 11) is 0. The molecule has 0 saturated carbocycles. The number of nitrogens with zero attached hydrogens (tertiary/aromatic N) is 1. The Morgan fingerprint density at radius 2 is 1.87 bits per heavy atom. The van der Waals surface area contributed by atoms with Crippen LogP contribution in [0.4, 0.5) is 0 Å². The van der Waals surface area contributed by atoms with Crippen LogP contribution in [0.3, 0.4) is 0 Å². The van der Waals surface area contributed by atoms with Crippen LogP contribution >= 0.6 is 23.2 Å². The van der Waals surface area contributed by atoms with E-state index in [0.29, 0.717) is 16.3 Å². The van der Waals surface area contributed by atoms with Crippen molar-refractivity contribution in [3.8, 4) is 18.1 Å². The van der Waals surface area contributed by atoms with Gasteiger partial charge in [-0.15, -0.1) is 6.42 Å². The molecule has 0 radical (unpaired) electrons. The van der Waals surface area contributed by atoms with Crippen molar-refractivity contribution in [1.82, 2.24) is 10.7 Å². The molecule has 1 unspecified atom stereocenters. The van der Waals surface area contributed by atoms with Crippen LogP contribution in [0, 0.1) is 18.3 Å². The first-order valence-corrected chi connectivity index (χ1v) is 9.82. The van der Waals surface area contributed by atoms with Gasteiger partial charge in [0.2, 0.25) is 0 Å². The Balaban J connectivity index is 1.98. The SMILES string of the molecule is C#CCOc1ccc(/C=N/NC(=O)C(NC(=O)c2ccc(Cl)c(Cl)c2)C(C)C)cc1. The molecule has 2 rings (SSSR count). The van der Waals surface area contributed by atoms with Crippen LogP contribution < -0.4 is 15.5 Å². The highest BCUT2D eigenvalue weighted by molar-refractivity contribution is 6.42. The summed E-state index contributed by atoms with van der Waals surface area (Å²) in [6.07, 6.45) is 6.63. The fourth-order valence-corrected chi connectivity index (χ4v) is 2.71. The second-order valence-electron chi connectivity index (χ2n) is 6.62. The molecule has 0 aliphatic carbocycles. The van der Waals surface area contributed by atoms with Crippen LogP contribution in [0.2, 0.25) is 10.0 Å². The maximum absolute atomic E-state index is 12.5.